The van der Waals surface area contributed by atoms with Gasteiger partial charge < -0.3 is 4.52 Å². The molecular weight excluding hydrogens is 322 g/mol. The highest BCUT2D eigenvalue weighted by atomic mass is 16.5. The molecule has 0 unspecified atom stereocenters. The summed E-state index contributed by atoms with van der Waals surface area (Å²) in [6.45, 7) is 6.13. The number of nitrogens with zero attached hydrogens (tertiary/aromatic N) is 4. The van der Waals surface area contributed by atoms with Crippen LogP contribution in [-0.2, 0) is 16.8 Å². The van der Waals surface area contributed by atoms with Crippen LogP contribution in [0.2, 0.25) is 0 Å². The minimum atomic E-state index is -0.293. The zero-order valence-electron chi connectivity index (χ0n) is 14.3. The van der Waals surface area contributed by atoms with E-state index in [-0.39, 0.29) is 35.7 Å². The first-order chi connectivity index (χ1) is 11.8. The predicted molar refractivity (Wildman–Crippen MR) is 92.2 cm³/mol. The molecule has 8 heteroatoms. The third kappa shape index (κ3) is 3.73. The van der Waals surface area contributed by atoms with Gasteiger partial charge in [0.15, 0.2) is 0 Å². The molecule has 8 nitrogen and oxygen atoms in total. The van der Waals surface area contributed by atoms with Crippen molar-refractivity contribution in [3.8, 4) is 0 Å². The van der Waals surface area contributed by atoms with Gasteiger partial charge in [-0.1, -0.05) is 43.3 Å². The zero-order chi connectivity index (χ0) is 18.0. The van der Waals surface area contributed by atoms with Crippen molar-refractivity contribution in [1.82, 2.24) is 20.2 Å². The lowest BCUT2D eigenvalue weighted by Crippen LogP contribution is -2.26. The van der Waals surface area contributed by atoms with Gasteiger partial charge in [0.05, 0.1) is 17.6 Å². The Kier molecular flexibility index (Phi) is 4.35. The van der Waals surface area contributed by atoms with E-state index in [4.69, 9.17) is 4.52 Å². The monoisotopic (exact) mass is 341 g/mol. The minimum Gasteiger partial charge on any atom is -0.338 e. The standard InChI is InChI=1S/C17H19N5O3/c1-17(2,3)13-10-15(25-20-13)18-14(23)8-9-22-16(24)11-6-4-5-7-12(11)19-21-22/h4-7,10H,8-9H2,1-3H3,(H,18,23). The van der Waals surface area contributed by atoms with Crippen LogP contribution < -0.4 is 10.9 Å². The fourth-order valence-electron chi connectivity index (χ4n) is 2.26. The molecule has 0 aliphatic carbocycles. The van der Waals surface area contributed by atoms with Crippen LogP contribution in [0.5, 0.6) is 0 Å². The van der Waals surface area contributed by atoms with E-state index < -0.39 is 0 Å². The first-order valence-electron chi connectivity index (χ1n) is 7.94. The van der Waals surface area contributed by atoms with E-state index in [1.165, 1.54) is 4.68 Å². The number of carbonyl (C=O) groups excluding carboxylic acids is 1. The van der Waals surface area contributed by atoms with Gasteiger partial charge in [-0.3, -0.25) is 14.9 Å². The van der Waals surface area contributed by atoms with Crippen LogP contribution >= 0.6 is 0 Å². The second-order valence-corrected chi connectivity index (χ2v) is 6.76. The van der Waals surface area contributed by atoms with E-state index >= 15 is 0 Å². The maximum atomic E-state index is 12.3. The largest absolute Gasteiger partial charge is 0.338 e. The fraction of sp³-hybridized carbons (Fsp3) is 0.353. The number of rotatable bonds is 4. The average molecular weight is 341 g/mol. The van der Waals surface area contributed by atoms with Crippen LogP contribution in [0.15, 0.2) is 39.6 Å². The van der Waals surface area contributed by atoms with Gasteiger partial charge in [0.2, 0.25) is 11.8 Å². The molecule has 0 saturated heterocycles. The van der Waals surface area contributed by atoms with Gasteiger partial charge in [-0.25, -0.2) is 4.68 Å². The lowest BCUT2D eigenvalue weighted by molar-refractivity contribution is -0.116. The third-order valence-corrected chi connectivity index (χ3v) is 3.72. The van der Waals surface area contributed by atoms with Gasteiger partial charge in [0, 0.05) is 17.9 Å². The summed E-state index contributed by atoms with van der Waals surface area (Å²) in [6, 6.07) is 8.65. The Morgan fingerprint density at radius 3 is 2.76 bits per heavy atom. The summed E-state index contributed by atoms with van der Waals surface area (Å²) in [5.41, 5.74) is 0.845. The Morgan fingerprint density at radius 2 is 2.04 bits per heavy atom. The normalized spacial score (nSPS) is 11.6. The van der Waals surface area contributed by atoms with Gasteiger partial charge in [-0.15, -0.1) is 5.10 Å². The van der Waals surface area contributed by atoms with Gasteiger partial charge in [0.1, 0.15) is 5.52 Å². The number of amides is 1. The van der Waals surface area contributed by atoms with Crippen LogP contribution in [-0.4, -0.2) is 26.1 Å². The number of benzene rings is 1. The molecule has 1 aromatic carbocycles. The molecule has 0 radical (unpaired) electrons. The Bertz CT molecular complexity index is 968. The van der Waals surface area contributed by atoms with Gasteiger partial charge in [-0.05, 0) is 12.1 Å². The van der Waals surface area contributed by atoms with Crippen molar-refractivity contribution in [2.75, 3.05) is 5.32 Å². The number of carbonyl (C=O) groups is 1. The second-order valence-electron chi connectivity index (χ2n) is 6.76. The van der Waals surface area contributed by atoms with E-state index in [0.717, 1.165) is 5.69 Å². The molecule has 3 aromatic rings. The van der Waals surface area contributed by atoms with E-state index in [1.807, 2.05) is 20.8 Å². The molecule has 1 N–H and O–H groups in total. The van der Waals surface area contributed by atoms with E-state index in [2.05, 4.69) is 20.8 Å². The van der Waals surface area contributed by atoms with Gasteiger partial charge >= 0.3 is 0 Å². The van der Waals surface area contributed by atoms with Crippen LogP contribution in [0.1, 0.15) is 32.9 Å². The maximum Gasteiger partial charge on any atom is 0.277 e. The van der Waals surface area contributed by atoms with Crippen LogP contribution in [0.4, 0.5) is 5.88 Å². The molecule has 0 aliphatic heterocycles. The van der Waals surface area contributed by atoms with Crippen LogP contribution in [0.3, 0.4) is 0 Å². The SMILES string of the molecule is CC(C)(C)c1cc(NC(=O)CCn2nnc3ccccc3c2=O)on1. The lowest BCUT2D eigenvalue weighted by Gasteiger charge is -2.12. The van der Waals surface area contributed by atoms with Gasteiger partial charge in [0.25, 0.3) is 5.56 Å². The minimum absolute atomic E-state index is 0.0679. The fourth-order valence-corrected chi connectivity index (χ4v) is 2.26. The first-order valence-corrected chi connectivity index (χ1v) is 7.94. The molecule has 0 bridgehead atoms. The topological polar surface area (TPSA) is 103 Å². The van der Waals surface area contributed by atoms with Crippen LogP contribution in [0.25, 0.3) is 10.9 Å². The summed E-state index contributed by atoms with van der Waals surface area (Å²) in [4.78, 5) is 24.4. The quantitative estimate of drug-likeness (QED) is 0.779. The average Bonchev–Trinajstić information content (AvgIpc) is 3.03. The lowest BCUT2D eigenvalue weighted by atomic mass is 9.92. The van der Waals surface area contributed by atoms with Crippen molar-refractivity contribution in [3.05, 3.63) is 46.4 Å². The summed E-state index contributed by atoms with van der Waals surface area (Å²) in [6.07, 6.45) is 0.0679. The maximum absolute atomic E-state index is 12.3. The van der Waals surface area contributed by atoms with Crippen molar-refractivity contribution in [2.24, 2.45) is 0 Å². The summed E-state index contributed by atoms with van der Waals surface area (Å²) < 4.78 is 6.30. The number of aryl methyl sites for hydroxylation is 1. The molecule has 0 fully saturated rings. The molecule has 0 saturated carbocycles. The van der Waals surface area contributed by atoms with Crippen molar-refractivity contribution >= 4 is 22.7 Å². The highest BCUT2D eigenvalue weighted by Gasteiger charge is 2.19. The number of aromatic nitrogens is 4. The van der Waals surface area contributed by atoms with Crippen molar-refractivity contribution in [1.29, 1.82) is 0 Å². The number of hydrogen-bond donors (Lipinski definition) is 1. The van der Waals surface area contributed by atoms with Gasteiger partial charge in [-0.2, -0.15) is 0 Å². The highest BCUT2D eigenvalue weighted by molar-refractivity contribution is 5.89. The summed E-state index contributed by atoms with van der Waals surface area (Å²) in [5.74, 6) is -0.00895. The highest BCUT2D eigenvalue weighted by Crippen LogP contribution is 2.23. The molecule has 0 aliphatic rings. The molecule has 1 amide bonds. The molecule has 25 heavy (non-hydrogen) atoms. The van der Waals surface area contributed by atoms with E-state index in [0.29, 0.717) is 10.9 Å². The van der Waals surface area contributed by atoms with E-state index in [9.17, 15) is 9.59 Å². The van der Waals surface area contributed by atoms with Crippen LogP contribution in [0, 0.1) is 0 Å². The Labute approximate surface area is 143 Å². The van der Waals surface area contributed by atoms with E-state index in [1.54, 1.807) is 30.3 Å². The van der Waals surface area contributed by atoms with Crippen molar-refractivity contribution in [3.63, 3.8) is 0 Å². The number of hydrogen-bond acceptors (Lipinski definition) is 6. The Hall–Kier alpha value is -3.03. The number of anilines is 1. The third-order valence-electron chi connectivity index (χ3n) is 3.72. The Balaban J connectivity index is 1.66. The zero-order valence-corrected chi connectivity index (χ0v) is 14.3. The predicted octanol–water partition coefficient (Wildman–Crippen LogP) is 2.11. The smallest absolute Gasteiger partial charge is 0.277 e. The molecule has 2 aromatic heterocycles. The van der Waals surface area contributed by atoms with Crippen molar-refractivity contribution < 1.29 is 9.32 Å². The molecule has 0 spiro atoms. The molecule has 130 valence electrons. The molecular formula is C17H19N5O3. The second kappa shape index (κ2) is 6.46. The first kappa shape index (κ1) is 16.8. The number of nitrogens with one attached hydrogen (secondary N) is 1. The Morgan fingerprint density at radius 1 is 1.28 bits per heavy atom. The number of fused-ring (bicyclic) bond motifs is 1. The summed E-state index contributed by atoms with van der Waals surface area (Å²) in [5, 5.41) is 14.9. The summed E-state index contributed by atoms with van der Waals surface area (Å²) in [7, 11) is 0. The molecule has 3 rings (SSSR count). The van der Waals surface area contributed by atoms with Crippen molar-refractivity contribution in [2.45, 2.75) is 39.2 Å². The molecule has 2 heterocycles. The summed E-state index contributed by atoms with van der Waals surface area (Å²) >= 11 is 0. The molecule has 0 atom stereocenters.